The Kier molecular flexibility index (Phi) is 7.97. The zero-order chi connectivity index (χ0) is 19.8. The van der Waals surface area contributed by atoms with E-state index in [4.69, 9.17) is 9.47 Å². The molecule has 27 heavy (non-hydrogen) atoms. The van der Waals surface area contributed by atoms with Crippen LogP contribution in [-0.2, 0) is 9.53 Å². The maximum atomic E-state index is 12.4. The van der Waals surface area contributed by atoms with E-state index in [9.17, 15) is 14.4 Å². The number of imide groups is 1. The molecule has 1 aromatic rings. The number of carbonyl (C=O) groups excluding carboxylic acids is 3. The van der Waals surface area contributed by atoms with Crippen LogP contribution in [0.2, 0.25) is 0 Å². The number of esters is 1. The van der Waals surface area contributed by atoms with E-state index in [2.05, 4.69) is 10.6 Å². The summed E-state index contributed by atoms with van der Waals surface area (Å²) in [7, 11) is 1.46. The summed E-state index contributed by atoms with van der Waals surface area (Å²) in [5.41, 5.74) is 0.224. The average molecular weight is 394 g/mol. The van der Waals surface area contributed by atoms with Gasteiger partial charge < -0.3 is 14.8 Å². The van der Waals surface area contributed by atoms with E-state index in [1.54, 1.807) is 18.2 Å². The molecule has 8 heteroatoms. The van der Waals surface area contributed by atoms with Crippen molar-refractivity contribution in [3.05, 3.63) is 23.8 Å². The first-order valence-corrected chi connectivity index (χ1v) is 10.2. The highest BCUT2D eigenvalue weighted by Crippen LogP contribution is 2.26. The predicted molar refractivity (Wildman–Crippen MR) is 103 cm³/mol. The van der Waals surface area contributed by atoms with Gasteiger partial charge in [-0.25, -0.2) is 9.59 Å². The molecule has 2 rings (SSSR count). The Hall–Kier alpha value is -2.22. The van der Waals surface area contributed by atoms with Crippen molar-refractivity contribution in [3.8, 4) is 5.75 Å². The molecule has 1 atom stereocenters. The first-order valence-electron chi connectivity index (χ1n) is 8.99. The second-order valence-corrected chi connectivity index (χ2v) is 7.29. The lowest BCUT2D eigenvalue weighted by Gasteiger charge is -2.23. The van der Waals surface area contributed by atoms with Crippen LogP contribution in [0.15, 0.2) is 23.1 Å². The molecular formula is C19H26N2O5S. The number of thioether (sulfide) groups is 1. The van der Waals surface area contributed by atoms with Gasteiger partial charge >= 0.3 is 12.0 Å². The molecule has 2 N–H and O–H groups in total. The summed E-state index contributed by atoms with van der Waals surface area (Å²) in [5.74, 6) is -0.985. The smallest absolute Gasteiger partial charge is 0.342 e. The van der Waals surface area contributed by atoms with E-state index >= 15 is 0 Å². The zero-order valence-electron chi connectivity index (χ0n) is 15.9. The van der Waals surface area contributed by atoms with E-state index < -0.39 is 24.0 Å². The number of rotatable bonds is 6. The molecule has 1 aliphatic rings. The van der Waals surface area contributed by atoms with Crippen molar-refractivity contribution < 1.29 is 23.9 Å². The predicted octanol–water partition coefficient (Wildman–Crippen LogP) is 3.12. The maximum absolute atomic E-state index is 12.4. The molecule has 0 unspecified atom stereocenters. The normalized spacial score (nSPS) is 15.5. The Morgan fingerprint density at radius 1 is 1.19 bits per heavy atom. The number of methoxy groups -OCH3 is 1. The van der Waals surface area contributed by atoms with Gasteiger partial charge in [-0.2, -0.15) is 0 Å². The van der Waals surface area contributed by atoms with Gasteiger partial charge in [0.05, 0.1) is 7.11 Å². The number of hydrogen-bond acceptors (Lipinski definition) is 6. The summed E-state index contributed by atoms with van der Waals surface area (Å²) in [6, 6.07) is 4.61. The number of ether oxygens (including phenoxy) is 2. The number of amides is 3. The first-order chi connectivity index (χ1) is 12.9. The largest absolute Gasteiger partial charge is 0.496 e. The standard InChI is InChI=1S/C19H26N2O5S/c1-12(17(22)21-19(24)20-13-7-5-4-6-8-13)26-18(23)15-10-9-14(27-3)11-16(15)25-2/h9-13H,4-8H2,1-3H3,(H2,20,21,22,24)/t12-/m0/s1. The Balaban J connectivity index is 1.89. The number of nitrogens with one attached hydrogen (secondary N) is 2. The molecule has 3 amide bonds. The van der Waals surface area contributed by atoms with E-state index in [1.807, 2.05) is 6.26 Å². The van der Waals surface area contributed by atoms with Crippen molar-refractivity contribution in [1.29, 1.82) is 0 Å². The highest BCUT2D eigenvalue weighted by Gasteiger charge is 2.24. The monoisotopic (exact) mass is 394 g/mol. The van der Waals surface area contributed by atoms with Crippen molar-refractivity contribution in [1.82, 2.24) is 10.6 Å². The van der Waals surface area contributed by atoms with Gasteiger partial charge in [-0.1, -0.05) is 19.3 Å². The van der Waals surface area contributed by atoms with E-state index in [0.717, 1.165) is 30.6 Å². The zero-order valence-corrected chi connectivity index (χ0v) is 16.7. The topological polar surface area (TPSA) is 93.7 Å². The summed E-state index contributed by atoms with van der Waals surface area (Å²) < 4.78 is 10.4. The van der Waals surface area contributed by atoms with Gasteiger partial charge in [0.25, 0.3) is 5.91 Å². The SMILES string of the molecule is COc1cc(SC)ccc1C(=O)O[C@@H](C)C(=O)NC(=O)NC1CCCCC1. The van der Waals surface area contributed by atoms with Crippen LogP contribution in [0.5, 0.6) is 5.75 Å². The summed E-state index contributed by atoms with van der Waals surface area (Å²) in [5, 5.41) is 5.02. The molecule has 1 aromatic carbocycles. The van der Waals surface area contributed by atoms with Crippen LogP contribution < -0.4 is 15.4 Å². The molecule has 0 aliphatic heterocycles. The third-order valence-corrected chi connectivity index (χ3v) is 5.18. The molecular weight excluding hydrogens is 368 g/mol. The van der Waals surface area contributed by atoms with E-state index in [1.165, 1.54) is 32.2 Å². The maximum Gasteiger partial charge on any atom is 0.342 e. The Bertz CT molecular complexity index is 689. The lowest BCUT2D eigenvalue weighted by Crippen LogP contribution is -2.48. The van der Waals surface area contributed by atoms with Gasteiger partial charge in [-0.15, -0.1) is 11.8 Å². The van der Waals surface area contributed by atoms with Crippen LogP contribution in [0, 0.1) is 0 Å². The Morgan fingerprint density at radius 2 is 1.89 bits per heavy atom. The minimum atomic E-state index is -1.11. The summed E-state index contributed by atoms with van der Waals surface area (Å²) in [6.45, 7) is 1.42. The van der Waals surface area contributed by atoms with Crippen LogP contribution in [0.1, 0.15) is 49.4 Å². The first kappa shape index (κ1) is 21.1. The fourth-order valence-corrected chi connectivity index (χ4v) is 3.36. The summed E-state index contributed by atoms with van der Waals surface area (Å²) >= 11 is 1.52. The second-order valence-electron chi connectivity index (χ2n) is 6.41. The van der Waals surface area contributed by atoms with Crippen molar-refractivity contribution in [2.45, 2.75) is 56.1 Å². The van der Waals surface area contributed by atoms with Crippen molar-refractivity contribution in [2.75, 3.05) is 13.4 Å². The van der Waals surface area contributed by atoms with Gasteiger partial charge in [0.2, 0.25) is 0 Å². The second kappa shape index (κ2) is 10.2. The van der Waals surface area contributed by atoms with Gasteiger partial charge in [0.15, 0.2) is 6.10 Å². The molecule has 1 aliphatic carbocycles. The van der Waals surface area contributed by atoms with Gasteiger partial charge in [0, 0.05) is 10.9 Å². The summed E-state index contributed by atoms with van der Waals surface area (Å²) in [4.78, 5) is 37.4. The minimum Gasteiger partial charge on any atom is -0.496 e. The molecule has 0 bridgehead atoms. The molecule has 148 valence electrons. The van der Waals surface area contributed by atoms with Crippen LogP contribution in [0.25, 0.3) is 0 Å². The van der Waals surface area contributed by atoms with Crippen LogP contribution in [-0.4, -0.2) is 43.4 Å². The van der Waals surface area contributed by atoms with Crippen LogP contribution in [0.3, 0.4) is 0 Å². The van der Waals surface area contributed by atoms with E-state index in [-0.39, 0.29) is 11.6 Å². The number of carbonyl (C=O) groups is 3. The molecule has 7 nitrogen and oxygen atoms in total. The molecule has 0 radical (unpaired) electrons. The van der Waals surface area contributed by atoms with E-state index in [0.29, 0.717) is 5.75 Å². The fraction of sp³-hybridized carbons (Fsp3) is 0.526. The van der Waals surface area contributed by atoms with Gasteiger partial charge in [-0.3, -0.25) is 10.1 Å². The van der Waals surface area contributed by atoms with Crippen molar-refractivity contribution in [3.63, 3.8) is 0 Å². The number of hydrogen-bond donors (Lipinski definition) is 2. The van der Waals surface area contributed by atoms with Gasteiger partial charge in [0.1, 0.15) is 11.3 Å². The molecule has 1 saturated carbocycles. The highest BCUT2D eigenvalue weighted by molar-refractivity contribution is 7.98. The lowest BCUT2D eigenvalue weighted by molar-refractivity contribution is -0.127. The Labute approximate surface area is 163 Å². The van der Waals surface area contributed by atoms with Crippen LogP contribution >= 0.6 is 11.8 Å². The highest BCUT2D eigenvalue weighted by atomic mass is 32.2. The van der Waals surface area contributed by atoms with Crippen molar-refractivity contribution in [2.24, 2.45) is 0 Å². The molecule has 0 aromatic heterocycles. The van der Waals surface area contributed by atoms with Gasteiger partial charge in [-0.05, 0) is 44.2 Å². The molecule has 0 spiro atoms. The van der Waals surface area contributed by atoms with Crippen molar-refractivity contribution >= 4 is 29.7 Å². The van der Waals surface area contributed by atoms with Crippen LogP contribution in [0.4, 0.5) is 4.79 Å². The number of urea groups is 1. The number of benzene rings is 1. The fourth-order valence-electron chi connectivity index (χ4n) is 2.93. The molecule has 0 heterocycles. The quantitative estimate of drug-likeness (QED) is 0.569. The lowest BCUT2D eigenvalue weighted by atomic mass is 9.96. The molecule has 0 saturated heterocycles. The Morgan fingerprint density at radius 3 is 2.52 bits per heavy atom. The third-order valence-electron chi connectivity index (χ3n) is 4.46. The summed E-state index contributed by atoms with van der Waals surface area (Å²) in [6.07, 6.45) is 5.95. The minimum absolute atomic E-state index is 0.0867. The molecule has 1 fully saturated rings. The average Bonchev–Trinajstić information content (AvgIpc) is 2.67. The third kappa shape index (κ3) is 6.16.